The lowest BCUT2D eigenvalue weighted by molar-refractivity contribution is 0.174. The molecule has 1 saturated heterocycles. The van der Waals surface area contributed by atoms with Crippen molar-refractivity contribution in [1.82, 2.24) is 9.88 Å². The number of nitrogens with one attached hydrogen (secondary N) is 1. The summed E-state index contributed by atoms with van der Waals surface area (Å²) in [5, 5.41) is 10.1. The molecule has 3 heterocycles. The molecule has 2 aliphatic rings. The van der Waals surface area contributed by atoms with E-state index in [-0.39, 0.29) is 19.0 Å². The first kappa shape index (κ1) is 14.5. The smallest absolute Gasteiger partial charge is 0.252 e. The summed E-state index contributed by atoms with van der Waals surface area (Å²) in [4.78, 5) is 17.6. The summed E-state index contributed by atoms with van der Waals surface area (Å²) < 4.78 is 10.8. The number of ether oxygens (including phenoxy) is 2. The molecule has 1 atom stereocenters. The van der Waals surface area contributed by atoms with Crippen LogP contribution in [-0.2, 0) is 6.54 Å². The average molecular weight is 316 g/mol. The molecule has 6 heteroatoms. The summed E-state index contributed by atoms with van der Waals surface area (Å²) in [7, 11) is 0. The van der Waals surface area contributed by atoms with Gasteiger partial charge in [-0.15, -0.1) is 0 Å². The minimum atomic E-state index is -0.0639. The molecule has 0 bridgehead atoms. The Morgan fingerprint density at radius 1 is 1.26 bits per heavy atom. The van der Waals surface area contributed by atoms with Crippen LogP contribution in [0.4, 0.5) is 0 Å². The third-order valence-electron chi connectivity index (χ3n) is 4.75. The van der Waals surface area contributed by atoms with Crippen molar-refractivity contribution >= 4 is 10.9 Å². The van der Waals surface area contributed by atoms with Gasteiger partial charge >= 0.3 is 0 Å². The first-order valence-electron chi connectivity index (χ1n) is 8.05. The maximum absolute atomic E-state index is 12.4. The number of pyridine rings is 1. The molecule has 4 rings (SSSR count). The number of hydrogen-bond donors (Lipinski definition) is 2. The molecule has 122 valence electrons. The molecule has 0 unspecified atom stereocenters. The Balaban J connectivity index is 1.66. The maximum atomic E-state index is 12.4. The molecule has 2 N–H and O–H groups in total. The fourth-order valence-electron chi connectivity index (χ4n) is 3.56. The van der Waals surface area contributed by atoms with Crippen molar-refractivity contribution in [3.8, 4) is 11.5 Å². The van der Waals surface area contributed by atoms with Crippen LogP contribution in [0.5, 0.6) is 11.5 Å². The number of aliphatic hydroxyl groups is 1. The van der Waals surface area contributed by atoms with Gasteiger partial charge < -0.3 is 19.6 Å². The van der Waals surface area contributed by atoms with Crippen LogP contribution >= 0.6 is 0 Å². The number of rotatable bonds is 4. The quantitative estimate of drug-likeness (QED) is 0.896. The Morgan fingerprint density at radius 3 is 2.91 bits per heavy atom. The van der Waals surface area contributed by atoms with Crippen molar-refractivity contribution in [2.75, 3.05) is 19.9 Å². The number of aromatic nitrogens is 1. The zero-order chi connectivity index (χ0) is 15.8. The Hall–Kier alpha value is -2.05. The molecule has 23 heavy (non-hydrogen) atoms. The Labute approximate surface area is 133 Å². The largest absolute Gasteiger partial charge is 0.454 e. The third kappa shape index (κ3) is 2.68. The molecule has 0 amide bonds. The van der Waals surface area contributed by atoms with E-state index in [9.17, 15) is 9.90 Å². The zero-order valence-electron chi connectivity index (χ0n) is 12.9. The number of hydrogen-bond acceptors (Lipinski definition) is 5. The number of aliphatic hydroxyl groups excluding tert-OH is 1. The molecule has 0 saturated carbocycles. The number of nitrogens with zero attached hydrogens (tertiary/aromatic N) is 1. The Morgan fingerprint density at radius 2 is 2.09 bits per heavy atom. The Bertz CT molecular complexity index is 786. The van der Waals surface area contributed by atoms with E-state index in [0.29, 0.717) is 18.3 Å². The third-order valence-corrected chi connectivity index (χ3v) is 4.75. The van der Waals surface area contributed by atoms with E-state index in [4.69, 9.17) is 9.47 Å². The number of fused-ring (bicyclic) bond motifs is 2. The van der Waals surface area contributed by atoms with E-state index < -0.39 is 0 Å². The van der Waals surface area contributed by atoms with Gasteiger partial charge in [0.25, 0.3) is 5.56 Å². The monoisotopic (exact) mass is 316 g/mol. The average Bonchev–Trinajstić information content (AvgIpc) is 3.15. The Kier molecular flexibility index (Phi) is 3.71. The summed E-state index contributed by atoms with van der Waals surface area (Å²) in [6, 6.07) is 6.02. The topological polar surface area (TPSA) is 74.8 Å². The molecule has 2 aromatic rings. The number of H-pyrrole nitrogens is 1. The number of likely N-dealkylation sites (tertiary alicyclic amines) is 1. The van der Waals surface area contributed by atoms with Gasteiger partial charge in [0, 0.05) is 36.2 Å². The molecule has 0 radical (unpaired) electrons. The second-order valence-electron chi connectivity index (χ2n) is 6.20. The summed E-state index contributed by atoms with van der Waals surface area (Å²) >= 11 is 0. The van der Waals surface area contributed by atoms with Gasteiger partial charge in [-0.1, -0.05) is 0 Å². The highest BCUT2D eigenvalue weighted by molar-refractivity contribution is 5.83. The lowest BCUT2D eigenvalue weighted by Crippen LogP contribution is -2.32. The minimum Gasteiger partial charge on any atom is -0.454 e. The van der Waals surface area contributed by atoms with Crippen LogP contribution in [0.3, 0.4) is 0 Å². The SMILES string of the molecule is O=c1[nH]c2cc3c(cc2cc1CN1CCC[C@H]1CCO)OCO3. The lowest BCUT2D eigenvalue weighted by atomic mass is 10.1. The summed E-state index contributed by atoms with van der Waals surface area (Å²) in [6.07, 6.45) is 2.98. The second-order valence-corrected chi connectivity index (χ2v) is 6.20. The van der Waals surface area contributed by atoms with Gasteiger partial charge in [-0.05, 0) is 37.9 Å². The van der Waals surface area contributed by atoms with Gasteiger partial charge in [0.2, 0.25) is 6.79 Å². The lowest BCUT2D eigenvalue weighted by Gasteiger charge is -2.23. The van der Waals surface area contributed by atoms with E-state index in [2.05, 4.69) is 9.88 Å². The van der Waals surface area contributed by atoms with Gasteiger partial charge in [0.1, 0.15) is 0 Å². The fraction of sp³-hybridized carbons (Fsp3) is 0.471. The standard InChI is InChI=1S/C17H20N2O4/c20-5-3-13-2-1-4-19(13)9-12-6-11-7-15-16(23-10-22-15)8-14(11)18-17(12)21/h6-8,13,20H,1-5,9-10H2,(H,18,21)/t13-/m0/s1. The molecule has 1 fully saturated rings. The van der Waals surface area contributed by atoms with Crippen molar-refractivity contribution in [1.29, 1.82) is 0 Å². The van der Waals surface area contributed by atoms with Gasteiger partial charge in [-0.3, -0.25) is 9.69 Å². The molecule has 6 nitrogen and oxygen atoms in total. The molecule has 0 spiro atoms. The predicted octanol–water partition coefficient (Wildman–Crippen LogP) is 1.60. The van der Waals surface area contributed by atoms with E-state index in [0.717, 1.165) is 48.0 Å². The summed E-state index contributed by atoms with van der Waals surface area (Å²) in [5.41, 5.74) is 1.45. The summed E-state index contributed by atoms with van der Waals surface area (Å²) in [6.45, 7) is 2.01. The number of benzene rings is 1. The van der Waals surface area contributed by atoms with Crippen molar-refractivity contribution in [2.24, 2.45) is 0 Å². The van der Waals surface area contributed by atoms with E-state index in [1.54, 1.807) is 0 Å². The van der Waals surface area contributed by atoms with Crippen LogP contribution in [0.2, 0.25) is 0 Å². The van der Waals surface area contributed by atoms with Crippen LogP contribution in [0, 0.1) is 0 Å². The highest BCUT2D eigenvalue weighted by Gasteiger charge is 2.25. The maximum Gasteiger partial charge on any atom is 0.252 e. The van der Waals surface area contributed by atoms with Crippen LogP contribution in [0.15, 0.2) is 23.0 Å². The summed E-state index contributed by atoms with van der Waals surface area (Å²) in [5.74, 6) is 1.39. The first-order chi connectivity index (χ1) is 11.2. The van der Waals surface area contributed by atoms with Crippen LogP contribution < -0.4 is 15.0 Å². The van der Waals surface area contributed by atoms with Crippen molar-refractivity contribution in [2.45, 2.75) is 31.8 Å². The van der Waals surface area contributed by atoms with Gasteiger partial charge in [0.15, 0.2) is 11.5 Å². The van der Waals surface area contributed by atoms with Gasteiger partial charge in [-0.2, -0.15) is 0 Å². The van der Waals surface area contributed by atoms with E-state index in [1.165, 1.54) is 0 Å². The highest BCUT2D eigenvalue weighted by Crippen LogP contribution is 2.35. The van der Waals surface area contributed by atoms with Crippen LogP contribution in [0.25, 0.3) is 10.9 Å². The van der Waals surface area contributed by atoms with Crippen molar-refractivity contribution < 1.29 is 14.6 Å². The zero-order valence-corrected chi connectivity index (χ0v) is 12.9. The molecule has 1 aromatic heterocycles. The predicted molar refractivity (Wildman–Crippen MR) is 85.8 cm³/mol. The number of aromatic amines is 1. The normalized spacial score (nSPS) is 20.5. The minimum absolute atomic E-state index is 0.0639. The molecular weight excluding hydrogens is 296 g/mol. The highest BCUT2D eigenvalue weighted by atomic mass is 16.7. The van der Waals surface area contributed by atoms with Crippen LogP contribution in [-0.4, -0.2) is 41.0 Å². The van der Waals surface area contributed by atoms with Gasteiger partial charge in [-0.25, -0.2) is 0 Å². The van der Waals surface area contributed by atoms with E-state index in [1.807, 2.05) is 18.2 Å². The molecular formula is C17H20N2O4. The van der Waals surface area contributed by atoms with E-state index >= 15 is 0 Å². The molecule has 2 aliphatic heterocycles. The second kappa shape index (κ2) is 5.86. The fourth-order valence-corrected chi connectivity index (χ4v) is 3.56. The first-order valence-corrected chi connectivity index (χ1v) is 8.05. The van der Waals surface area contributed by atoms with Crippen LogP contribution in [0.1, 0.15) is 24.8 Å². The van der Waals surface area contributed by atoms with Gasteiger partial charge in [0.05, 0.1) is 5.52 Å². The van der Waals surface area contributed by atoms with Crippen molar-refractivity contribution in [3.63, 3.8) is 0 Å². The molecule has 0 aliphatic carbocycles. The molecule has 1 aromatic carbocycles. The van der Waals surface area contributed by atoms with Crippen molar-refractivity contribution in [3.05, 3.63) is 34.1 Å².